The van der Waals surface area contributed by atoms with Crippen molar-refractivity contribution < 1.29 is 9.59 Å². The Balaban J connectivity index is 1.93. The Morgan fingerprint density at radius 1 is 1.36 bits per heavy atom. The van der Waals surface area contributed by atoms with Crippen molar-refractivity contribution in [3.05, 3.63) is 23.5 Å². The number of nitrogens with zero attached hydrogens (tertiary/aromatic N) is 3. The Morgan fingerprint density at radius 3 is 2.73 bits per heavy atom. The van der Waals surface area contributed by atoms with E-state index < -0.39 is 0 Å². The van der Waals surface area contributed by atoms with Gasteiger partial charge < -0.3 is 10.2 Å². The molecule has 1 aromatic rings. The van der Waals surface area contributed by atoms with Gasteiger partial charge in [-0.25, -0.2) is 0 Å². The minimum atomic E-state index is -0.200. The van der Waals surface area contributed by atoms with E-state index in [1.807, 2.05) is 24.8 Å². The minimum Gasteiger partial charge on any atom is -0.348 e. The molecule has 0 radical (unpaired) electrons. The summed E-state index contributed by atoms with van der Waals surface area (Å²) in [6.07, 6.45) is 2.93. The first-order chi connectivity index (χ1) is 10.5. The second-order valence-corrected chi connectivity index (χ2v) is 6.22. The zero-order valence-electron chi connectivity index (χ0n) is 13.5. The molecule has 1 aliphatic rings. The predicted octanol–water partition coefficient (Wildman–Crippen LogP) is 1.42. The summed E-state index contributed by atoms with van der Waals surface area (Å²) in [7, 11) is 0. The SMILES string of the molecule is CC(=O)N1CCCC(Cc2ccc(C(=O)NC(C)C)nn2)C1. The summed E-state index contributed by atoms with van der Waals surface area (Å²) in [6.45, 7) is 7.07. The average Bonchev–Trinajstić information content (AvgIpc) is 2.47. The number of hydrogen-bond donors (Lipinski definition) is 1. The molecule has 0 spiro atoms. The standard InChI is InChI=1S/C16H24N4O2/c1-11(2)17-16(22)15-7-6-14(18-19-15)9-13-5-4-8-20(10-13)12(3)21/h6-7,11,13H,4-5,8-10H2,1-3H3,(H,17,22). The molecule has 1 aromatic heterocycles. The Morgan fingerprint density at radius 2 is 2.14 bits per heavy atom. The number of carbonyl (C=O) groups excluding carboxylic acids is 2. The molecule has 0 bridgehead atoms. The van der Waals surface area contributed by atoms with Gasteiger partial charge in [-0.2, -0.15) is 5.10 Å². The Kier molecular flexibility index (Phi) is 5.46. The Hall–Kier alpha value is -1.98. The minimum absolute atomic E-state index is 0.0776. The highest BCUT2D eigenvalue weighted by atomic mass is 16.2. The lowest BCUT2D eigenvalue weighted by Crippen LogP contribution is -2.39. The molecule has 1 aliphatic heterocycles. The first-order valence-electron chi connectivity index (χ1n) is 7.84. The van der Waals surface area contributed by atoms with Crippen LogP contribution in [0.4, 0.5) is 0 Å². The maximum atomic E-state index is 11.8. The van der Waals surface area contributed by atoms with Gasteiger partial charge in [-0.15, -0.1) is 5.10 Å². The van der Waals surface area contributed by atoms with Crippen LogP contribution in [0.25, 0.3) is 0 Å². The molecule has 0 saturated carbocycles. The molecule has 6 nitrogen and oxygen atoms in total. The molecule has 1 unspecified atom stereocenters. The van der Waals surface area contributed by atoms with Gasteiger partial charge in [0.2, 0.25) is 5.91 Å². The summed E-state index contributed by atoms with van der Waals surface area (Å²) < 4.78 is 0. The summed E-state index contributed by atoms with van der Waals surface area (Å²) in [4.78, 5) is 25.2. The molecule has 1 atom stereocenters. The molecule has 1 saturated heterocycles. The van der Waals surface area contributed by atoms with Crippen molar-refractivity contribution in [3.63, 3.8) is 0 Å². The van der Waals surface area contributed by atoms with Gasteiger partial charge in [-0.3, -0.25) is 9.59 Å². The van der Waals surface area contributed by atoms with Gasteiger partial charge in [0, 0.05) is 26.1 Å². The number of aromatic nitrogens is 2. The maximum Gasteiger partial charge on any atom is 0.271 e. The molecule has 6 heteroatoms. The summed E-state index contributed by atoms with van der Waals surface area (Å²) in [6, 6.07) is 3.65. The summed E-state index contributed by atoms with van der Waals surface area (Å²) in [5, 5.41) is 11.0. The molecule has 2 heterocycles. The van der Waals surface area contributed by atoms with Crippen LogP contribution < -0.4 is 5.32 Å². The third kappa shape index (κ3) is 4.51. The quantitative estimate of drug-likeness (QED) is 0.912. The van der Waals surface area contributed by atoms with Crippen molar-refractivity contribution in [2.75, 3.05) is 13.1 Å². The molecule has 0 aromatic carbocycles. The van der Waals surface area contributed by atoms with E-state index >= 15 is 0 Å². The van der Waals surface area contributed by atoms with Gasteiger partial charge in [0.1, 0.15) is 0 Å². The van der Waals surface area contributed by atoms with Gasteiger partial charge >= 0.3 is 0 Å². The van der Waals surface area contributed by atoms with E-state index in [2.05, 4.69) is 15.5 Å². The predicted molar refractivity (Wildman–Crippen MR) is 83.3 cm³/mol. The van der Waals surface area contributed by atoms with E-state index in [4.69, 9.17) is 0 Å². The lowest BCUT2D eigenvalue weighted by atomic mass is 9.93. The van der Waals surface area contributed by atoms with Crippen LogP contribution in [0.1, 0.15) is 49.8 Å². The number of nitrogens with one attached hydrogen (secondary N) is 1. The van der Waals surface area contributed by atoms with Gasteiger partial charge in [-0.05, 0) is 51.2 Å². The van der Waals surface area contributed by atoms with Crippen molar-refractivity contribution in [1.29, 1.82) is 0 Å². The number of hydrogen-bond acceptors (Lipinski definition) is 4. The molecule has 0 aliphatic carbocycles. The normalized spacial score (nSPS) is 18.4. The number of piperidine rings is 1. The van der Waals surface area contributed by atoms with E-state index in [9.17, 15) is 9.59 Å². The summed E-state index contributed by atoms with van der Waals surface area (Å²) in [5.74, 6) is 0.355. The summed E-state index contributed by atoms with van der Waals surface area (Å²) in [5.41, 5.74) is 1.21. The van der Waals surface area contributed by atoms with Gasteiger partial charge in [0.25, 0.3) is 5.91 Å². The molecule has 1 N–H and O–H groups in total. The van der Waals surface area contributed by atoms with E-state index in [0.717, 1.165) is 38.0 Å². The fourth-order valence-corrected chi connectivity index (χ4v) is 2.74. The molecular formula is C16H24N4O2. The first kappa shape index (κ1) is 16.4. The topological polar surface area (TPSA) is 75.2 Å². The fraction of sp³-hybridized carbons (Fsp3) is 0.625. The molecule has 2 amide bonds. The molecule has 22 heavy (non-hydrogen) atoms. The van der Waals surface area contributed by atoms with E-state index in [0.29, 0.717) is 11.6 Å². The zero-order valence-corrected chi connectivity index (χ0v) is 13.5. The number of likely N-dealkylation sites (tertiary alicyclic amines) is 1. The lowest BCUT2D eigenvalue weighted by Gasteiger charge is -2.31. The van der Waals surface area contributed by atoms with Crippen LogP contribution in [0.3, 0.4) is 0 Å². The largest absolute Gasteiger partial charge is 0.348 e. The van der Waals surface area contributed by atoms with Crippen molar-refractivity contribution in [2.45, 2.75) is 46.1 Å². The number of amides is 2. The van der Waals surface area contributed by atoms with Crippen LogP contribution >= 0.6 is 0 Å². The average molecular weight is 304 g/mol. The third-order valence-corrected chi connectivity index (χ3v) is 3.83. The number of rotatable bonds is 4. The van der Waals surface area contributed by atoms with Crippen LogP contribution in [-0.4, -0.2) is 46.0 Å². The van der Waals surface area contributed by atoms with Crippen molar-refractivity contribution in [1.82, 2.24) is 20.4 Å². The molecular weight excluding hydrogens is 280 g/mol. The second-order valence-electron chi connectivity index (χ2n) is 6.22. The second kappa shape index (κ2) is 7.33. The highest BCUT2D eigenvalue weighted by Gasteiger charge is 2.22. The summed E-state index contributed by atoms with van der Waals surface area (Å²) >= 11 is 0. The van der Waals surface area contributed by atoms with Gasteiger partial charge in [0.05, 0.1) is 5.69 Å². The van der Waals surface area contributed by atoms with Crippen LogP contribution in [-0.2, 0) is 11.2 Å². The maximum absolute atomic E-state index is 11.8. The zero-order chi connectivity index (χ0) is 16.1. The van der Waals surface area contributed by atoms with E-state index in [1.54, 1.807) is 13.0 Å². The monoisotopic (exact) mass is 304 g/mol. The fourth-order valence-electron chi connectivity index (χ4n) is 2.74. The van der Waals surface area contributed by atoms with Gasteiger partial charge in [-0.1, -0.05) is 0 Å². The highest BCUT2D eigenvalue weighted by Crippen LogP contribution is 2.20. The first-order valence-corrected chi connectivity index (χ1v) is 7.84. The van der Waals surface area contributed by atoms with E-state index in [1.165, 1.54) is 0 Å². The van der Waals surface area contributed by atoms with Gasteiger partial charge in [0.15, 0.2) is 5.69 Å². The Labute approximate surface area is 131 Å². The Bertz CT molecular complexity index is 527. The van der Waals surface area contributed by atoms with Crippen molar-refractivity contribution in [2.24, 2.45) is 5.92 Å². The van der Waals surface area contributed by atoms with Crippen LogP contribution in [0, 0.1) is 5.92 Å². The smallest absolute Gasteiger partial charge is 0.271 e. The third-order valence-electron chi connectivity index (χ3n) is 3.83. The van der Waals surface area contributed by atoms with Crippen LogP contribution in [0.15, 0.2) is 12.1 Å². The van der Waals surface area contributed by atoms with E-state index in [-0.39, 0.29) is 17.9 Å². The molecule has 2 rings (SSSR count). The molecule has 1 fully saturated rings. The van der Waals surface area contributed by atoms with Crippen molar-refractivity contribution in [3.8, 4) is 0 Å². The molecule has 120 valence electrons. The number of carbonyl (C=O) groups is 2. The van der Waals surface area contributed by atoms with Crippen LogP contribution in [0.2, 0.25) is 0 Å². The van der Waals surface area contributed by atoms with Crippen LogP contribution in [0.5, 0.6) is 0 Å². The lowest BCUT2D eigenvalue weighted by molar-refractivity contribution is -0.130. The van der Waals surface area contributed by atoms with Crippen molar-refractivity contribution >= 4 is 11.8 Å². The highest BCUT2D eigenvalue weighted by molar-refractivity contribution is 5.92.